The first-order valence-electron chi connectivity index (χ1n) is 6.56. The van der Waals surface area contributed by atoms with Gasteiger partial charge in [-0.25, -0.2) is 0 Å². The number of nitrogens with zero attached hydrogens (tertiary/aromatic N) is 2. The molecule has 1 unspecified atom stereocenters. The second-order valence-corrected chi connectivity index (χ2v) is 5.00. The van der Waals surface area contributed by atoms with Crippen LogP contribution < -0.4 is 5.73 Å². The number of hydrogen-bond donors (Lipinski definition) is 1. The van der Waals surface area contributed by atoms with Crippen molar-refractivity contribution in [2.24, 2.45) is 5.92 Å². The van der Waals surface area contributed by atoms with Crippen LogP contribution in [0.3, 0.4) is 0 Å². The minimum absolute atomic E-state index is 0.405. The SMILES string of the molecule is Cc1nn(CC(C)COCc2ccccc2)cc1N. The molecular formula is C15H21N3O. The summed E-state index contributed by atoms with van der Waals surface area (Å²) in [6, 6.07) is 10.2. The van der Waals surface area contributed by atoms with Gasteiger partial charge in [0.15, 0.2) is 0 Å². The zero-order valence-electron chi connectivity index (χ0n) is 11.5. The van der Waals surface area contributed by atoms with Crippen molar-refractivity contribution in [1.82, 2.24) is 9.78 Å². The molecular weight excluding hydrogens is 238 g/mol. The molecule has 1 aromatic heterocycles. The van der Waals surface area contributed by atoms with Crippen LogP contribution in [0, 0.1) is 12.8 Å². The van der Waals surface area contributed by atoms with Crippen LogP contribution in [0.1, 0.15) is 18.2 Å². The number of anilines is 1. The average molecular weight is 259 g/mol. The first-order valence-corrected chi connectivity index (χ1v) is 6.56. The van der Waals surface area contributed by atoms with Gasteiger partial charge in [0.05, 0.1) is 24.6 Å². The van der Waals surface area contributed by atoms with E-state index in [-0.39, 0.29) is 0 Å². The average Bonchev–Trinajstić information content (AvgIpc) is 2.69. The van der Waals surface area contributed by atoms with Crippen LogP contribution in [0.25, 0.3) is 0 Å². The Hall–Kier alpha value is -1.81. The van der Waals surface area contributed by atoms with E-state index in [0.29, 0.717) is 19.1 Å². The van der Waals surface area contributed by atoms with E-state index in [4.69, 9.17) is 10.5 Å². The van der Waals surface area contributed by atoms with Crippen molar-refractivity contribution in [3.8, 4) is 0 Å². The Balaban J connectivity index is 1.74. The molecule has 2 rings (SSSR count). The lowest BCUT2D eigenvalue weighted by Gasteiger charge is -2.12. The summed E-state index contributed by atoms with van der Waals surface area (Å²) < 4.78 is 7.61. The first kappa shape index (κ1) is 13.6. The number of aromatic nitrogens is 2. The van der Waals surface area contributed by atoms with Gasteiger partial charge in [-0.1, -0.05) is 37.3 Å². The largest absolute Gasteiger partial charge is 0.396 e. The molecule has 2 aromatic rings. The van der Waals surface area contributed by atoms with Crippen molar-refractivity contribution < 1.29 is 4.74 Å². The summed E-state index contributed by atoms with van der Waals surface area (Å²) in [6.07, 6.45) is 1.88. The first-order chi connectivity index (χ1) is 9.15. The van der Waals surface area contributed by atoms with Gasteiger partial charge in [0.1, 0.15) is 0 Å². The summed E-state index contributed by atoms with van der Waals surface area (Å²) in [7, 11) is 0. The van der Waals surface area contributed by atoms with Gasteiger partial charge in [0.25, 0.3) is 0 Å². The number of hydrogen-bond acceptors (Lipinski definition) is 3. The number of aryl methyl sites for hydroxylation is 1. The zero-order valence-corrected chi connectivity index (χ0v) is 11.5. The van der Waals surface area contributed by atoms with Crippen molar-refractivity contribution in [2.45, 2.75) is 27.0 Å². The van der Waals surface area contributed by atoms with E-state index < -0.39 is 0 Å². The minimum Gasteiger partial charge on any atom is -0.396 e. The molecule has 0 saturated carbocycles. The molecule has 1 aromatic carbocycles. The van der Waals surface area contributed by atoms with Crippen molar-refractivity contribution in [1.29, 1.82) is 0 Å². The van der Waals surface area contributed by atoms with Gasteiger partial charge in [-0.05, 0) is 18.4 Å². The fourth-order valence-electron chi connectivity index (χ4n) is 1.95. The van der Waals surface area contributed by atoms with E-state index in [2.05, 4.69) is 24.2 Å². The minimum atomic E-state index is 0.405. The standard InChI is InChI=1S/C15H21N3O/c1-12(8-18-9-15(16)13(2)17-18)10-19-11-14-6-4-3-5-7-14/h3-7,9,12H,8,10-11,16H2,1-2H3. The predicted octanol–water partition coefficient (Wildman–Crippen LogP) is 2.63. The van der Waals surface area contributed by atoms with Crippen LogP contribution in [0.15, 0.2) is 36.5 Å². The normalized spacial score (nSPS) is 12.5. The van der Waals surface area contributed by atoms with Crippen LogP contribution in [-0.2, 0) is 17.9 Å². The molecule has 4 nitrogen and oxygen atoms in total. The maximum Gasteiger partial charge on any atom is 0.0822 e. The monoisotopic (exact) mass is 259 g/mol. The maximum atomic E-state index is 5.78. The molecule has 0 aliphatic rings. The van der Waals surface area contributed by atoms with Crippen molar-refractivity contribution in [3.63, 3.8) is 0 Å². The van der Waals surface area contributed by atoms with E-state index in [1.54, 1.807) is 0 Å². The highest BCUT2D eigenvalue weighted by molar-refractivity contribution is 5.39. The molecule has 0 aliphatic carbocycles. The Morgan fingerprint density at radius 1 is 1.32 bits per heavy atom. The summed E-state index contributed by atoms with van der Waals surface area (Å²) in [5.41, 5.74) is 8.61. The molecule has 0 fully saturated rings. The van der Waals surface area contributed by atoms with Crippen molar-refractivity contribution in [2.75, 3.05) is 12.3 Å². The lowest BCUT2D eigenvalue weighted by atomic mass is 10.2. The highest BCUT2D eigenvalue weighted by Gasteiger charge is 2.06. The number of rotatable bonds is 6. The molecule has 0 aliphatic heterocycles. The van der Waals surface area contributed by atoms with E-state index >= 15 is 0 Å². The van der Waals surface area contributed by atoms with E-state index in [1.165, 1.54) is 5.56 Å². The van der Waals surface area contributed by atoms with Gasteiger partial charge in [-0.15, -0.1) is 0 Å². The Morgan fingerprint density at radius 2 is 2.05 bits per heavy atom. The van der Waals surface area contributed by atoms with Crippen molar-refractivity contribution in [3.05, 3.63) is 47.8 Å². The van der Waals surface area contributed by atoms with E-state index in [0.717, 1.165) is 17.9 Å². The summed E-state index contributed by atoms with van der Waals surface area (Å²) in [5.74, 6) is 0.405. The van der Waals surface area contributed by atoms with Gasteiger partial charge < -0.3 is 10.5 Å². The van der Waals surface area contributed by atoms with Crippen LogP contribution in [-0.4, -0.2) is 16.4 Å². The Bertz CT molecular complexity index is 488. The molecule has 0 spiro atoms. The fourth-order valence-corrected chi connectivity index (χ4v) is 1.95. The molecule has 19 heavy (non-hydrogen) atoms. The highest BCUT2D eigenvalue weighted by Crippen LogP contribution is 2.10. The third kappa shape index (κ3) is 4.10. The maximum absolute atomic E-state index is 5.78. The Labute approximate surface area is 114 Å². The van der Waals surface area contributed by atoms with Gasteiger partial charge >= 0.3 is 0 Å². The van der Waals surface area contributed by atoms with Gasteiger partial charge in [-0.2, -0.15) is 5.10 Å². The van der Waals surface area contributed by atoms with Crippen molar-refractivity contribution >= 4 is 5.69 Å². The number of nitrogen functional groups attached to an aromatic ring is 1. The van der Waals surface area contributed by atoms with Gasteiger partial charge in [0.2, 0.25) is 0 Å². The van der Waals surface area contributed by atoms with Crippen LogP contribution in [0.5, 0.6) is 0 Å². The second-order valence-electron chi connectivity index (χ2n) is 5.00. The van der Waals surface area contributed by atoms with Crippen LogP contribution in [0.2, 0.25) is 0 Å². The highest BCUT2D eigenvalue weighted by atomic mass is 16.5. The Kier molecular flexibility index (Phi) is 4.58. The Morgan fingerprint density at radius 3 is 2.68 bits per heavy atom. The lowest BCUT2D eigenvalue weighted by Crippen LogP contribution is -2.14. The fraction of sp³-hybridized carbons (Fsp3) is 0.400. The third-order valence-electron chi connectivity index (χ3n) is 3.00. The number of benzene rings is 1. The molecule has 0 saturated heterocycles. The predicted molar refractivity (Wildman–Crippen MR) is 76.6 cm³/mol. The lowest BCUT2D eigenvalue weighted by molar-refractivity contribution is 0.0856. The number of nitrogens with two attached hydrogens (primary N) is 1. The van der Waals surface area contributed by atoms with Gasteiger partial charge in [-0.3, -0.25) is 4.68 Å². The summed E-state index contributed by atoms with van der Waals surface area (Å²) in [4.78, 5) is 0. The smallest absolute Gasteiger partial charge is 0.0822 e. The molecule has 102 valence electrons. The van der Waals surface area contributed by atoms with E-state index in [9.17, 15) is 0 Å². The molecule has 0 bridgehead atoms. The zero-order chi connectivity index (χ0) is 13.7. The molecule has 2 N–H and O–H groups in total. The quantitative estimate of drug-likeness (QED) is 0.867. The summed E-state index contributed by atoms with van der Waals surface area (Å²) in [5, 5.41) is 4.35. The molecule has 0 amide bonds. The summed E-state index contributed by atoms with van der Waals surface area (Å²) >= 11 is 0. The molecule has 1 atom stereocenters. The third-order valence-corrected chi connectivity index (χ3v) is 3.00. The van der Waals surface area contributed by atoms with Gasteiger partial charge in [0, 0.05) is 12.7 Å². The molecule has 4 heteroatoms. The molecule has 1 heterocycles. The molecule has 0 radical (unpaired) electrons. The summed E-state index contributed by atoms with van der Waals surface area (Å²) in [6.45, 7) is 6.27. The topological polar surface area (TPSA) is 53.1 Å². The number of ether oxygens (including phenoxy) is 1. The van der Waals surface area contributed by atoms with Crippen LogP contribution in [0.4, 0.5) is 5.69 Å². The van der Waals surface area contributed by atoms with Crippen LogP contribution >= 0.6 is 0 Å². The van der Waals surface area contributed by atoms with E-state index in [1.807, 2.05) is 36.0 Å². The second kappa shape index (κ2) is 6.38.